The first-order valence-electron chi connectivity index (χ1n) is 10.1. The second-order valence-corrected chi connectivity index (χ2v) is 10.6. The molecule has 1 aromatic carbocycles. The van der Waals surface area contributed by atoms with E-state index < -0.39 is 22.0 Å². The lowest BCUT2D eigenvalue weighted by Crippen LogP contribution is -2.35. The standard InChI is InChI=1S/C19H22F3N5O3S2/c1-25-17(19(20,21)22)23-24-18(25)31-12-16(28)27-10-7-13-11-14(5-6-15(13)27)32(29,30)26-8-3-2-4-9-26/h5-6,11H,2-4,7-10,12H2,1H3. The molecule has 0 atom stereocenters. The predicted octanol–water partition coefficient (Wildman–Crippen LogP) is 2.69. The number of aromatic nitrogens is 3. The second-order valence-electron chi connectivity index (χ2n) is 7.70. The van der Waals surface area contributed by atoms with E-state index in [2.05, 4.69) is 10.2 Å². The molecule has 4 rings (SSSR count). The Balaban J connectivity index is 1.45. The van der Waals surface area contributed by atoms with Crippen molar-refractivity contribution in [2.45, 2.75) is 41.9 Å². The molecule has 0 bridgehead atoms. The largest absolute Gasteiger partial charge is 0.451 e. The molecular weight excluding hydrogens is 467 g/mol. The zero-order valence-electron chi connectivity index (χ0n) is 17.3. The van der Waals surface area contributed by atoms with Crippen LogP contribution >= 0.6 is 11.8 Å². The number of piperidine rings is 1. The highest BCUT2D eigenvalue weighted by Gasteiger charge is 2.38. The van der Waals surface area contributed by atoms with Crippen molar-refractivity contribution < 1.29 is 26.4 Å². The number of nitrogens with zero attached hydrogens (tertiary/aromatic N) is 5. The molecule has 0 radical (unpaired) electrons. The number of anilines is 1. The number of hydrogen-bond acceptors (Lipinski definition) is 6. The van der Waals surface area contributed by atoms with Crippen molar-refractivity contribution in [3.8, 4) is 0 Å². The third-order valence-corrected chi connectivity index (χ3v) is 8.51. The van der Waals surface area contributed by atoms with Crippen LogP contribution in [0.25, 0.3) is 0 Å². The molecule has 0 spiro atoms. The summed E-state index contributed by atoms with van der Waals surface area (Å²) in [6.45, 7) is 1.41. The maximum absolute atomic E-state index is 12.9. The lowest BCUT2D eigenvalue weighted by Gasteiger charge is -2.26. The van der Waals surface area contributed by atoms with Gasteiger partial charge in [-0.05, 0) is 43.0 Å². The summed E-state index contributed by atoms with van der Waals surface area (Å²) in [5.41, 5.74) is 1.39. The minimum absolute atomic E-state index is 0.00642. The van der Waals surface area contributed by atoms with E-state index in [1.165, 1.54) is 22.3 Å². The van der Waals surface area contributed by atoms with Gasteiger partial charge >= 0.3 is 6.18 Å². The average molecular weight is 490 g/mol. The number of rotatable bonds is 5. The summed E-state index contributed by atoms with van der Waals surface area (Å²) in [5.74, 6) is -1.53. The molecular formula is C19H22F3N5O3S2. The molecule has 8 nitrogen and oxygen atoms in total. The van der Waals surface area contributed by atoms with Gasteiger partial charge in [-0.1, -0.05) is 18.2 Å². The van der Waals surface area contributed by atoms with E-state index in [4.69, 9.17) is 0 Å². The minimum atomic E-state index is -4.62. The van der Waals surface area contributed by atoms with Crippen LogP contribution in [0.15, 0.2) is 28.3 Å². The fraction of sp³-hybridized carbons (Fsp3) is 0.526. The second kappa shape index (κ2) is 8.67. The molecule has 2 aliphatic rings. The first kappa shape index (κ1) is 23.1. The van der Waals surface area contributed by atoms with Crippen LogP contribution in [0.4, 0.5) is 18.9 Å². The highest BCUT2D eigenvalue weighted by Crippen LogP contribution is 2.33. The monoisotopic (exact) mass is 489 g/mol. The number of carbonyl (C=O) groups excluding carboxylic acids is 1. The zero-order chi connectivity index (χ0) is 23.1. The Morgan fingerprint density at radius 3 is 2.50 bits per heavy atom. The van der Waals surface area contributed by atoms with Gasteiger partial charge in [0, 0.05) is 32.4 Å². The van der Waals surface area contributed by atoms with Crippen LogP contribution in [0, 0.1) is 0 Å². The van der Waals surface area contributed by atoms with Crippen molar-refractivity contribution in [3.63, 3.8) is 0 Å². The smallest absolute Gasteiger partial charge is 0.311 e. The first-order chi connectivity index (χ1) is 15.1. The van der Waals surface area contributed by atoms with E-state index in [-0.39, 0.29) is 21.7 Å². The minimum Gasteiger partial charge on any atom is -0.311 e. The Kier molecular flexibility index (Phi) is 6.25. The number of hydrogen-bond donors (Lipinski definition) is 0. The molecule has 32 heavy (non-hydrogen) atoms. The third kappa shape index (κ3) is 4.37. The van der Waals surface area contributed by atoms with Gasteiger partial charge < -0.3 is 9.47 Å². The fourth-order valence-corrected chi connectivity index (χ4v) is 6.30. The summed E-state index contributed by atoms with van der Waals surface area (Å²) in [6.07, 6.45) is -1.39. The van der Waals surface area contributed by atoms with Gasteiger partial charge in [-0.3, -0.25) is 4.79 Å². The van der Waals surface area contributed by atoms with E-state index in [9.17, 15) is 26.4 Å². The van der Waals surface area contributed by atoms with E-state index >= 15 is 0 Å². The molecule has 2 aromatic rings. The molecule has 0 unspecified atom stereocenters. The predicted molar refractivity (Wildman–Crippen MR) is 112 cm³/mol. The topological polar surface area (TPSA) is 88.4 Å². The van der Waals surface area contributed by atoms with Crippen LogP contribution in [-0.4, -0.2) is 58.8 Å². The van der Waals surface area contributed by atoms with Crippen LogP contribution in [0.5, 0.6) is 0 Å². The normalized spacial score (nSPS) is 17.6. The SMILES string of the molecule is Cn1c(SCC(=O)N2CCc3cc(S(=O)(=O)N4CCCCC4)ccc32)nnc1C(F)(F)F. The van der Waals surface area contributed by atoms with Gasteiger partial charge in [0.2, 0.25) is 21.8 Å². The van der Waals surface area contributed by atoms with E-state index in [1.807, 2.05) is 0 Å². The van der Waals surface area contributed by atoms with Crippen molar-refractivity contribution in [2.24, 2.45) is 7.05 Å². The lowest BCUT2D eigenvalue weighted by molar-refractivity contribution is -0.147. The van der Waals surface area contributed by atoms with Crippen molar-refractivity contribution in [2.75, 3.05) is 30.3 Å². The number of carbonyl (C=O) groups is 1. The van der Waals surface area contributed by atoms with Crippen LogP contribution in [0.3, 0.4) is 0 Å². The zero-order valence-corrected chi connectivity index (χ0v) is 18.9. The highest BCUT2D eigenvalue weighted by molar-refractivity contribution is 7.99. The summed E-state index contributed by atoms with van der Waals surface area (Å²) in [4.78, 5) is 14.5. The summed E-state index contributed by atoms with van der Waals surface area (Å²) < 4.78 is 66.7. The molecule has 0 aliphatic carbocycles. The Bertz CT molecular complexity index is 1130. The summed E-state index contributed by atoms with van der Waals surface area (Å²) >= 11 is 0.875. The van der Waals surface area contributed by atoms with Gasteiger partial charge in [0.15, 0.2) is 5.16 Å². The number of benzene rings is 1. The Morgan fingerprint density at radius 2 is 1.84 bits per heavy atom. The number of sulfonamides is 1. The van der Waals surface area contributed by atoms with E-state index in [1.54, 1.807) is 12.1 Å². The lowest BCUT2D eigenvalue weighted by atomic mass is 10.2. The number of alkyl halides is 3. The van der Waals surface area contributed by atoms with Crippen LogP contribution < -0.4 is 4.90 Å². The summed E-state index contributed by atoms with van der Waals surface area (Å²) in [6, 6.07) is 4.77. The van der Waals surface area contributed by atoms with Crippen LogP contribution in [0.2, 0.25) is 0 Å². The molecule has 13 heteroatoms. The van der Waals surface area contributed by atoms with Crippen molar-refractivity contribution >= 4 is 33.4 Å². The fourth-order valence-electron chi connectivity index (χ4n) is 3.94. The average Bonchev–Trinajstić information content (AvgIpc) is 3.35. The summed E-state index contributed by atoms with van der Waals surface area (Å²) in [5, 5.41) is 6.67. The molecule has 1 saturated heterocycles. The summed E-state index contributed by atoms with van der Waals surface area (Å²) in [7, 11) is -2.37. The Labute approximate surface area is 187 Å². The molecule has 0 saturated carbocycles. The molecule has 1 fully saturated rings. The van der Waals surface area contributed by atoms with Gasteiger partial charge in [-0.25, -0.2) is 8.42 Å². The van der Waals surface area contributed by atoms with E-state index in [0.717, 1.165) is 41.2 Å². The van der Waals surface area contributed by atoms with Gasteiger partial charge in [0.25, 0.3) is 0 Å². The van der Waals surface area contributed by atoms with Crippen molar-refractivity contribution in [1.82, 2.24) is 19.1 Å². The molecule has 174 valence electrons. The van der Waals surface area contributed by atoms with Crippen molar-refractivity contribution in [1.29, 1.82) is 0 Å². The maximum atomic E-state index is 12.9. The molecule has 1 aromatic heterocycles. The maximum Gasteiger partial charge on any atom is 0.451 e. The Hall–Kier alpha value is -2.12. The van der Waals surface area contributed by atoms with Gasteiger partial charge in [-0.15, -0.1) is 10.2 Å². The molecule has 2 aliphatic heterocycles. The number of halogens is 3. The van der Waals surface area contributed by atoms with Gasteiger partial charge in [0.05, 0.1) is 10.6 Å². The van der Waals surface area contributed by atoms with Crippen LogP contribution in [-0.2, 0) is 34.5 Å². The van der Waals surface area contributed by atoms with E-state index in [0.29, 0.717) is 31.7 Å². The van der Waals surface area contributed by atoms with Crippen LogP contribution in [0.1, 0.15) is 30.7 Å². The first-order valence-corrected chi connectivity index (χ1v) is 12.5. The Morgan fingerprint density at radius 1 is 1.12 bits per heavy atom. The molecule has 1 amide bonds. The quantitative estimate of drug-likeness (QED) is 0.600. The van der Waals surface area contributed by atoms with Crippen molar-refractivity contribution in [3.05, 3.63) is 29.6 Å². The molecule has 0 N–H and O–H groups in total. The number of amides is 1. The number of fused-ring (bicyclic) bond motifs is 1. The highest BCUT2D eigenvalue weighted by atomic mass is 32.2. The van der Waals surface area contributed by atoms with Gasteiger partial charge in [-0.2, -0.15) is 17.5 Å². The third-order valence-electron chi connectivity index (χ3n) is 5.61. The number of thioether (sulfide) groups is 1. The van der Waals surface area contributed by atoms with Gasteiger partial charge in [0.1, 0.15) is 0 Å². The molecule has 3 heterocycles.